The Hall–Kier alpha value is -0.630. The highest BCUT2D eigenvalue weighted by Gasteiger charge is 2.08. The van der Waals surface area contributed by atoms with Gasteiger partial charge in [-0.05, 0) is 12.1 Å². The van der Waals surface area contributed by atoms with Crippen molar-refractivity contribution in [1.29, 1.82) is 0 Å². The monoisotopic (exact) mass is 161 g/mol. The number of rotatable bonds is 1. The van der Waals surface area contributed by atoms with Crippen LogP contribution in [0.15, 0.2) is 24.3 Å². The lowest BCUT2D eigenvalue weighted by atomic mass is 10.2. The van der Waals surface area contributed by atoms with Gasteiger partial charge in [-0.25, -0.2) is 0 Å². The molecule has 0 nitrogen and oxygen atoms in total. The Kier molecular flexibility index (Phi) is 2.22. The van der Waals surface area contributed by atoms with Crippen LogP contribution in [-0.4, -0.2) is 0 Å². The fourth-order valence-corrected chi connectivity index (χ4v) is 0.796. The zero-order valence-corrected chi connectivity index (χ0v) is 5.70. The molecule has 0 saturated heterocycles. The van der Waals surface area contributed by atoms with Gasteiger partial charge >= 0.3 is 6.43 Å². The molecule has 53 valence electrons. The molecule has 0 heterocycles. The highest BCUT2D eigenvalue weighted by Crippen LogP contribution is 2.20. The minimum Gasteiger partial charge on any atom is -0.194 e. The maximum Gasteiger partial charge on any atom is 0.339 e. The topological polar surface area (TPSA) is 0 Å². The molecule has 0 atom stereocenters. The molecule has 0 fully saturated rings. The van der Waals surface area contributed by atoms with Crippen LogP contribution >= 0.6 is 11.6 Å². The Morgan fingerprint density at radius 2 is 2.00 bits per heavy atom. The van der Waals surface area contributed by atoms with Crippen molar-refractivity contribution in [3.05, 3.63) is 41.3 Å². The summed E-state index contributed by atoms with van der Waals surface area (Å²) in [5.41, 5.74) is -0.118. The smallest absolute Gasteiger partial charge is 0.194 e. The fraction of sp³-hybridized carbons (Fsp3) is 0. The van der Waals surface area contributed by atoms with E-state index in [0.717, 1.165) is 0 Å². The molecular formula is C7H4ClF2. The molecule has 1 radical (unpaired) electrons. The van der Waals surface area contributed by atoms with Crippen LogP contribution in [0.1, 0.15) is 5.56 Å². The van der Waals surface area contributed by atoms with Crippen LogP contribution in [0.5, 0.6) is 0 Å². The van der Waals surface area contributed by atoms with Gasteiger partial charge in [-0.1, -0.05) is 23.7 Å². The van der Waals surface area contributed by atoms with E-state index in [1.165, 1.54) is 18.2 Å². The predicted octanol–water partition coefficient (Wildman–Crippen LogP) is 3.12. The van der Waals surface area contributed by atoms with Crippen molar-refractivity contribution in [1.82, 2.24) is 0 Å². The first-order chi connectivity index (χ1) is 4.70. The second-order valence-electron chi connectivity index (χ2n) is 1.77. The maximum atomic E-state index is 11.8. The third-order valence-electron chi connectivity index (χ3n) is 1.04. The van der Waals surface area contributed by atoms with Crippen LogP contribution in [-0.2, 0) is 0 Å². The van der Waals surface area contributed by atoms with Crippen molar-refractivity contribution >= 4 is 11.6 Å². The van der Waals surface area contributed by atoms with Gasteiger partial charge in [-0.2, -0.15) is 8.78 Å². The second kappa shape index (κ2) is 2.97. The molecule has 3 heteroatoms. The summed E-state index contributed by atoms with van der Waals surface area (Å²) in [4.78, 5) is 0. The molecule has 0 N–H and O–H groups in total. The molecule has 1 aromatic rings. The Balaban J connectivity index is 2.96. The van der Waals surface area contributed by atoms with Crippen molar-refractivity contribution in [2.45, 2.75) is 0 Å². The SMILES string of the molecule is F[C](F)c1cccc(Cl)c1. The van der Waals surface area contributed by atoms with Crippen LogP contribution in [0.2, 0.25) is 5.02 Å². The lowest BCUT2D eigenvalue weighted by Gasteiger charge is -1.95. The van der Waals surface area contributed by atoms with Crippen molar-refractivity contribution in [3.63, 3.8) is 0 Å². The molecule has 0 amide bonds. The van der Waals surface area contributed by atoms with E-state index >= 15 is 0 Å². The lowest BCUT2D eigenvalue weighted by Crippen LogP contribution is -1.82. The van der Waals surface area contributed by atoms with E-state index in [1.807, 2.05) is 0 Å². The first-order valence-electron chi connectivity index (χ1n) is 2.64. The Morgan fingerprint density at radius 3 is 2.40 bits per heavy atom. The van der Waals surface area contributed by atoms with E-state index in [0.29, 0.717) is 5.02 Å². The quantitative estimate of drug-likeness (QED) is 0.594. The summed E-state index contributed by atoms with van der Waals surface area (Å²) in [5, 5.41) is 0.324. The summed E-state index contributed by atoms with van der Waals surface area (Å²) >= 11 is 5.44. The third kappa shape index (κ3) is 1.67. The fourth-order valence-electron chi connectivity index (χ4n) is 0.606. The van der Waals surface area contributed by atoms with Crippen LogP contribution in [0.3, 0.4) is 0 Å². The standard InChI is InChI=1S/C7H4ClF2/c8-6-3-1-2-5(4-6)7(9)10/h1-4H. The van der Waals surface area contributed by atoms with Crippen molar-refractivity contribution in [2.24, 2.45) is 0 Å². The molecule has 0 saturated carbocycles. The van der Waals surface area contributed by atoms with Crippen LogP contribution in [0, 0.1) is 6.43 Å². The number of benzene rings is 1. The first kappa shape index (κ1) is 7.48. The summed E-state index contributed by atoms with van der Waals surface area (Å²) in [6.07, 6.45) is -1.71. The molecule has 0 spiro atoms. The van der Waals surface area contributed by atoms with Gasteiger partial charge in [-0.3, -0.25) is 0 Å². The molecule has 0 aromatic heterocycles. The lowest BCUT2D eigenvalue weighted by molar-refractivity contribution is 0.325. The van der Waals surface area contributed by atoms with Gasteiger partial charge in [0.1, 0.15) is 0 Å². The summed E-state index contributed by atoms with van der Waals surface area (Å²) in [6.45, 7) is 0. The van der Waals surface area contributed by atoms with Crippen molar-refractivity contribution in [3.8, 4) is 0 Å². The van der Waals surface area contributed by atoms with Crippen LogP contribution in [0.4, 0.5) is 8.78 Å². The van der Waals surface area contributed by atoms with Crippen LogP contribution < -0.4 is 0 Å². The van der Waals surface area contributed by atoms with E-state index < -0.39 is 6.43 Å². The molecule has 0 unspecified atom stereocenters. The Bertz CT molecular complexity index is 223. The number of hydrogen-bond donors (Lipinski definition) is 0. The molecule has 1 aromatic carbocycles. The van der Waals surface area contributed by atoms with Gasteiger partial charge in [0, 0.05) is 10.6 Å². The Labute approximate surface area is 62.4 Å². The van der Waals surface area contributed by atoms with E-state index in [2.05, 4.69) is 0 Å². The third-order valence-corrected chi connectivity index (χ3v) is 1.28. The minimum absolute atomic E-state index is 0.118. The summed E-state index contributed by atoms with van der Waals surface area (Å²) < 4.78 is 23.6. The highest BCUT2D eigenvalue weighted by atomic mass is 35.5. The highest BCUT2D eigenvalue weighted by molar-refractivity contribution is 6.30. The van der Waals surface area contributed by atoms with Gasteiger partial charge in [-0.15, -0.1) is 0 Å². The van der Waals surface area contributed by atoms with Gasteiger partial charge in [0.2, 0.25) is 0 Å². The average molecular weight is 162 g/mol. The molecular weight excluding hydrogens is 158 g/mol. The second-order valence-corrected chi connectivity index (χ2v) is 2.21. The Morgan fingerprint density at radius 1 is 1.30 bits per heavy atom. The maximum absolute atomic E-state index is 11.8. The van der Waals surface area contributed by atoms with Crippen LogP contribution in [0.25, 0.3) is 0 Å². The molecule has 0 aliphatic rings. The van der Waals surface area contributed by atoms with Gasteiger partial charge in [0.25, 0.3) is 0 Å². The molecule has 0 bridgehead atoms. The predicted molar refractivity (Wildman–Crippen MR) is 36.0 cm³/mol. The first-order valence-corrected chi connectivity index (χ1v) is 3.02. The van der Waals surface area contributed by atoms with Crippen molar-refractivity contribution < 1.29 is 8.78 Å². The van der Waals surface area contributed by atoms with Crippen molar-refractivity contribution in [2.75, 3.05) is 0 Å². The van der Waals surface area contributed by atoms with E-state index in [9.17, 15) is 8.78 Å². The zero-order chi connectivity index (χ0) is 7.56. The van der Waals surface area contributed by atoms with E-state index in [-0.39, 0.29) is 5.56 Å². The van der Waals surface area contributed by atoms with E-state index in [1.54, 1.807) is 6.07 Å². The minimum atomic E-state index is -1.71. The summed E-state index contributed by atoms with van der Waals surface area (Å²) in [7, 11) is 0. The zero-order valence-electron chi connectivity index (χ0n) is 4.94. The van der Waals surface area contributed by atoms with Gasteiger partial charge in [0.05, 0.1) is 0 Å². The molecule has 0 aliphatic heterocycles. The average Bonchev–Trinajstić information content (AvgIpc) is 1.88. The summed E-state index contributed by atoms with van der Waals surface area (Å²) in [6, 6.07) is 5.56. The normalized spacial score (nSPS) is 10.4. The number of hydrogen-bond acceptors (Lipinski definition) is 0. The van der Waals surface area contributed by atoms with Gasteiger partial charge in [0.15, 0.2) is 0 Å². The van der Waals surface area contributed by atoms with E-state index in [4.69, 9.17) is 11.6 Å². The van der Waals surface area contributed by atoms with Gasteiger partial charge < -0.3 is 0 Å². The summed E-state index contributed by atoms with van der Waals surface area (Å²) in [5.74, 6) is 0. The molecule has 0 aliphatic carbocycles. The number of halogens is 3. The molecule has 1 rings (SSSR count). The molecule has 10 heavy (non-hydrogen) atoms. The largest absolute Gasteiger partial charge is 0.339 e.